The summed E-state index contributed by atoms with van der Waals surface area (Å²) in [5.74, 6) is 0.0109. The quantitative estimate of drug-likeness (QED) is 0.661. The van der Waals surface area contributed by atoms with E-state index >= 15 is 0 Å². The zero-order valence-corrected chi connectivity index (χ0v) is 12.2. The number of anilines is 1. The van der Waals surface area contributed by atoms with Crippen LogP contribution in [0.3, 0.4) is 0 Å². The summed E-state index contributed by atoms with van der Waals surface area (Å²) < 4.78 is 0. The summed E-state index contributed by atoms with van der Waals surface area (Å²) in [4.78, 5) is 11.8. The van der Waals surface area contributed by atoms with E-state index in [9.17, 15) is 4.79 Å². The lowest BCUT2D eigenvalue weighted by Gasteiger charge is -2.21. The molecular weight excluding hydrogens is 260 g/mol. The smallest absolute Gasteiger partial charge is 0.220 e. The molecule has 0 aliphatic rings. The van der Waals surface area contributed by atoms with Gasteiger partial charge in [-0.05, 0) is 37.3 Å². The Balaban J connectivity index is 2.37. The van der Waals surface area contributed by atoms with Gasteiger partial charge in [0, 0.05) is 23.4 Å². The third-order valence-corrected chi connectivity index (χ3v) is 4.21. The molecule has 0 fully saturated rings. The molecule has 4 nitrogen and oxygen atoms in total. The van der Waals surface area contributed by atoms with E-state index in [2.05, 4.69) is 5.32 Å². The van der Waals surface area contributed by atoms with Crippen LogP contribution in [0.25, 0.3) is 0 Å². The Hall–Kier alpha value is -1.20. The number of thioether (sulfide) groups is 1. The molecule has 0 aliphatic carbocycles. The van der Waals surface area contributed by atoms with Crippen LogP contribution in [0.2, 0.25) is 0 Å². The minimum atomic E-state index is -0.0288. The van der Waals surface area contributed by atoms with Crippen LogP contribution >= 0.6 is 11.8 Å². The highest BCUT2D eigenvalue weighted by molar-refractivity contribution is 7.99. The molecule has 0 aromatic heterocycles. The number of aryl methyl sites for hydroxylation is 1. The third-order valence-electron chi connectivity index (χ3n) is 3.05. The molecule has 1 amide bonds. The minimum absolute atomic E-state index is 0.0109. The molecular formula is C14H22N2O2S. The topological polar surface area (TPSA) is 75.3 Å². The van der Waals surface area contributed by atoms with Gasteiger partial charge in [-0.1, -0.05) is 12.1 Å². The van der Waals surface area contributed by atoms with Gasteiger partial charge < -0.3 is 16.2 Å². The molecule has 4 N–H and O–H groups in total. The molecule has 19 heavy (non-hydrogen) atoms. The van der Waals surface area contributed by atoms with E-state index in [0.29, 0.717) is 12.8 Å². The lowest BCUT2D eigenvalue weighted by atomic mass is 10.1. The average molecular weight is 282 g/mol. The molecule has 1 aromatic carbocycles. The standard InChI is InChI=1S/C14H22N2O2S/c1-10(13(9-17)19-2)16-14(18)8-5-11-3-6-12(15)7-4-11/h3-4,6-7,10,13,17H,5,8-9,15H2,1-2H3,(H,16,18). The van der Waals surface area contributed by atoms with Crippen molar-refractivity contribution in [3.63, 3.8) is 0 Å². The molecule has 2 atom stereocenters. The van der Waals surface area contributed by atoms with Gasteiger partial charge in [0.25, 0.3) is 0 Å². The third kappa shape index (κ3) is 5.53. The Bertz CT molecular complexity index is 391. The van der Waals surface area contributed by atoms with E-state index < -0.39 is 0 Å². The van der Waals surface area contributed by atoms with E-state index in [1.54, 1.807) is 11.8 Å². The SMILES string of the molecule is CSC(CO)C(C)NC(=O)CCc1ccc(N)cc1. The highest BCUT2D eigenvalue weighted by Gasteiger charge is 2.16. The van der Waals surface area contributed by atoms with Crippen LogP contribution in [0.15, 0.2) is 24.3 Å². The average Bonchev–Trinajstić information content (AvgIpc) is 2.39. The Morgan fingerprint density at radius 1 is 1.42 bits per heavy atom. The second kappa shape index (κ2) is 8.07. The number of aliphatic hydroxyl groups is 1. The van der Waals surface area contributed by atoms with Gasteiger partial charge in [0.15, 0.2) is 0 Å². The van der Waals surface area contributed by atoms with E-state index in [1.165, 1.54) is 0 Å². The van der Waals surface area contributed by atoms with Crippen molar-refractivity contribution in [1.29, 1.82) is 0 Å². The molecule has 0 saturated heterocycles. The number of aliphatic hydroxyl groups excluding tert-OH is 1. The summed E-state index contributed by atoms with van der Waals surface area (Å²) in [6.45, 7) is 1.99. The van der Waals surface area contributed by atoms with Crippen molar-refractivity contribution in [2.75, 3.05) is 18.6 Å². The molecule has 1 rings (SSSR count). The summed E-state index contributed by atoms with van der Waals surface area (Å²) in [6, 6.07) is 7.52. The maximum Gasteiger partial charge on any atom is 0.220 e. The number of hydrogen-bond acceptors (Lipinski definition) is 4. The Labute approximate surface area is 118 Å². The zero-order valence-electron chi connectivity index (χ0n) is 11.4. The van der Waals surface area contributed by atoms with E-state index in [-0.39, 0.29) is 23.8 Å². The van der Waals surface area contributed by atoms with Crippen molar-refractivity contribution in [2.24, 2.45) is 0 Å². The van der Waals surface area contributed by atoms with Gasteiger partial charge in [0.2, 0.25) is 5.91 Å². The summed E-state index contributed by atoms with van der Waals surface area (Å²) in [6.07, 6.45) is 3.07. The Morgan fingerprint density at radius 3 is 2.58 bits per heavy atom. The summed E-state index contributed by atoms with van der Waals surface area (Å²) in [7, 11) is 0. The number of nitrogen functional groups attached to an aromatic ring is 1. The predicted octanol–water partition coefficient (Wildman–Crippen LogP) is 1.43. The first-order valence-corrected chi connectivity index (χ1v) is 7.63. The number of amides is 1. The maximum atomic E-state index is 11.8. The fourth-order valence-corrected chi connectivity index (χ4v) is 2.42. The van der Waals surface area contributed by atoms with Crippen molar-refractivity contribution in [3.8, 4) is 0 Å². The number of hydrogen-bond donors (Lipinski definition) is 3. The van der Waals surface area contributed by atoms with E-state index in [1.807, 2.05) is 37.4 Å². The van der Waals surface area contributed by atoms with Gasteiger partial charge in [0.05, 0.1) is 6.61 Å². The fourth-order valence-electron chi connectivity index (χ4n) is 1.80. The first-order chi connectivity index (χ1) is 9.06. The van der Waals surface area contributed by atoms with Crippen molar-refractivity contribution in [3.05, 3.63) is 29.8 Å². The molecule has 0 saturated carbocycles. The Kier molecular flexibility index (Phi) is 6.73. The summed E-state index contributed by atoms with van der Waals surface area (Å²) in [5, 5.41) is 12.1. The molecule has 0 heterocycles. The van der Waals surface area contributed by atoms with Crippen LogP contribution in [0.5, 0.6) is 0 Å². The zero-order chi connectivity index (χ0) is 14.3. The van der Waals surface area contributed by atoms with Gasteiger partial charge >= 0.3 is 0 Å². The van der Waals surface area contributed by atoms with E-state index in [0.717, 1.165) is 11.3 Å². The lowest BCUT2D eigenvalue weighted by molar-refractivity contribution is -0.121. The monoisotopic (exact) mass is 282 g/mol. The second-order valence-electron chi connectivity index (χ2n) is 4.55. The van der Waals surface area contributed by atoms with Crippen LogP contribution in [-0.4, -0.2) is 35.2 Å². The molecule has 2 unspecified atom stereocenters. The Morgan fingerprint density at radius 2 is 2.05 bits per heavy atom. The number of benzene rings is 1. The van der Waals surface area contributed by atoms with Gasteiger partial charge in [0.1, 0.15) is 0 Å². The lowest BCUT2D eigenvalue weighted by Crippen LogP contribution is -2.41. The number of nitrogens with two attached hydrogens (primary N) is 1. The maximum absolute atomic E-state index is 11.8. The molecule has 0 radical (unpaired) electrons. The van der Waals surface area contributed by atoms with Crippen LogP contribution in [0.4, 0.5) is 5.69 Å². The number of carbonyl (C=O) groups excluding carboxylic acids is 1. The largest absolute Gasteiger partial charge is 0.399 e. The molecule has 0 aliphatic heterocycles. The second-order valence-corrected chi connectivity index (χ2v) is 5.63. The number of rotatable bonds is 7. The van der Waals surface area contributed by atoms with Gasteiger partial charge in [-0.15, -0.1) is 0 Å². The number of nitrogens with one attached hydrogen (secondary N) is 1. The van der Waals surface area contributed by atoms with Crippen molar-refractivity contribution in [2.45, 2.75) is 31.1 Å². The van der Waals surface area contributed by atoms with Gasteiger partial charge in [-0.3, -0.25) is 4.79 Å². The van der Waals surface area contributed by atoms with E-state index in [4.69, 9.17) is 10.8 Å². The van der Waals surface area contributed by atoms with Crippen LogP contribution in [-0.2, 0) is 11.2 Å². The van der Waals surface area contributed by atoms with Crippen LogP contribution in [0.1, 0.15) is 18.9 Å². The van der Waals surface area contributed by atoms with Crippen LogP contribution in [0, 0.1) is 0 Å². The van der Waals surface area contributed by atoms with Gasteiger partial charge in [-0.2, -0.15) is 11.8 Å². The van der Waals surface area contributed by atoms with Crippen molar-refractivity contribution < 1.29 is 9.90 Å². The molecule has 106 valence electrons. The summed E-state index contributed by atoms with van der Waals surface area (Å²) in [5.41, 5.74) is 7.43. The van der Waals surface area contributed by atoms with Gasteiger partial charge in [-0.25, -0.2) is 0 Å². The molecule has 0 spiro atoms. The van der Waals surface area contributed by atoms with Crippen molar-refractivity contribution >= 4 is 23.4 Å². The van der Waals surface area contributed by atoms with Crippen molar-refractivity contribution in [1.82, 2.24) is 5.32 Å². The fraction of sp³-hybridized carbons (Fsp3) is 0.500. The highest BCUT2D eigenvalue weighted by atomic mass is 32.2. The molecule has 5 heteroatoms. The first-order valence-electron chi connectivity index (χ1n) is 6.34. The normalized spacial score (nSPS) is 13.8. The summed E-state index contributed by atoms with van der Waals surface area (Å²) >= 11 is 1.56. The minimum Gasteiger partial charge on any atom is -0.399 e. The van der Waals surface area contributed by atoms with Crippen LogP contribution < -0.4 is 11.1 Å². The highest BCUT2D eigenvalue weighted by Crippen LogP contribution is 2.11. The molecule has 0 bridgehead atoms. The molecule has 1 aromatic rings. The number of carbonyl (C=O) groups is 1. The first kappa shape index (κ1) is 15.9. The predicted molar refractivity (Wildman–Crippen MR) is 81.2 cm³/mol.